The summed E-state index contributed by atoms with van der Waals surface area (Å²) in [7, 11) is 0. The second-order valence-corrected chi connectivity index (χ2v) is 17.2. The molecule has 226 valence electrons. The quantitative estimate of drug-likeness (QED) is 0.342. The molecule has 0 radical (unpaired) electrons. The van der Waals surface area contributed by atoms with Gasteiger partial charge in [-0.3, -0.25) is 0 Å². The topological polar surface area (TPSA) is 58.9 Å². The van der Waals surface area contributed by atoms with E-state index in [9.17, 15) is 10.2 Å². The van der Waals surface area contributed by atoms with Crippen molar-refractivity contribution in [3.63, 3.8) is 0 Å². The number of aliphatic hydroxyl groups is 2. The Labute approximate surface area is 248 Å². The Bertz CT molecular complexity index is 1220. The Balaban J connectivity index is 1.21. The standard InChI is InChI=1S/C37H54O4/c1-32(2)21-25-24-13-14-27-34(4)17-16-28-35(5,22-40-31(41-28)23-11-9-8-10-12-23)26(34)15-18-37(27,7)36(24,6)20-19-33(25,3)30(39)29(32)38/h8-13,25-31,38-39H,14-22H2,1-7H3/t25-,26?,27-,28?,29+,30-,31?,33-,34+,35+,36-,37-/m1/s1. The zero-order valence-electron chi connectivity index (χ0n) is 26.6. The zero-order chi connectivity index (χ0) is 29.2. The van der Waals surface area contributed by atoms with E-state index in [4.69, 9.17) is 9.47 Å². The number of ether oxygens (including phenoxy) is 2. The lowest BCUT2D eigenvalue weighted by atomic mass is 9.33. The number of allylic oxidation sites excluding steroid dienone is 2. The van der Waals surface area contributed by atoms with Crippen LogP contribution in [0.3, 0.4) is 0 Å². The minimum atomic E-state index is -0.665. The second-order valence-electron chi connectivity index (χ2n) is 17.2. The van der Waals surface area contributed by atoms with Crippen LogP contribution in [0, 0.1) is 50.2 Å². The monoisotopic (exact) mass is 562 g/mol. The van der Waals surface area contributed by atoms with E-state index in [1.54, 1.807) is 5.57 Å². The molecule has 1 aliphatic heterocycles. The van der Waals surface area contributed by atoms with Crippen LogP contribution in [0.5, 0.6) is 0 Å². The van der Waals surface area contributed by atoms with Crippen LogP contribution < -0.4 is 0 Å². The van der Waals surface area contributed by atoms with E-state index in [0.29, 0.717) is 17.8 Å². The molecule has 1 aromatic rings. The van der Waals surface area contributed by atoms with Gasteiger partial charge in [0.05, 0.1) is 24.9 Å². The van der Waals surface area contributed by atoms with Crippen LogP contribution in [-0.2, 0) is 9.47 Å². The van der Waals surface area contributed by atoms with E-state index in [1.807, 2.05) is 0 Å². The van der Waals surface area contributed by atoms with E-state index in [1.165, 1.54) is 19.3 Å². The molecule has 4 saturated carbocycles. The fourth-order valence-electron chi connectivity index (χ4n) is 12.1. The normalized spacial score (nSPS) is 54.0. The van der Waals surface area contributed by atoms with Crippen LogP contribution in [-0.4, -0.2) is 35.1 Å². The molecule has 41 heavy (non-hydrogen) atoms. The van der Waals surface area contributed by atoms with Gasteiger partial charge in [0.25, 0.3) is 0 Å². The Morgan fingerprint density at radius 3 is 2.22 bits per heavy atom. The first-order chi connectivity index (χ1) is 19.2. The molecule has 7 rings (SSSR count). The van der Waals surface area contributed by atoms with Gasteiger partial charge in [-0.2, -0.15) is 0 Å². The van der Waals surface area contributed by atoms with Crippen molar-refractivity contribution in [2.24, 2.45) is 50.2 Å². The molecule has 0 amide bonds. The molecule has 12 atom stereocenters. The van der Waals surface area contributed by atoms with Gasteiger partial charge in [0.1, 0.15) is 0 Å². The van der Waals surface area contributed by atoms with Crippen LogP contribution in [0.25, 0.3) is 0 Å². The first-order valence-electron chi connectivity index (χ1n) is 16.6. The largest absolute Gasteiger partial charge is 0.390 e. The van der Waals surface area contributed by atoms with E-state index < -0.39 is 12.2 Å². The van der Waals surface area contributed by atoms with Crippen LogP contribution in [0.1, 0.15) is 112 Å². The van der Waals surface area contributed by atoms with Gasteiger partial charge in [0, 0.05) is 16.4 Å². The molecule has 5 aliphatic carbocycles. The lowest BCUT2D eigenvalue weighted by molar-refractivity contribution is -0.318. The maximum absolute atomic E-state index is 11.5. The molecule has 4 nitrogen and oxygen atoms in total. The van der Waals surface area contributed by atoms with Gasteiger partial charge < -0.3 is 19.7 Å². The predicted octanol–water partition coefficient (Wildman–Crippen LogP) is 7.84. The van der Waals surface area contributed by atoms with E-state index in [-0.39, 0.29) is 44.9 Å². The highest BCUT2D eigenvalue weighted by atomic mass is 16.7. The second kappa shape index (κ2) is 8.93. The van der Waals surface area contributed by atoms with E-state index in [0.717, 1.165) is 44.3 Å². The summed E-state index contributed by atoms with van der Waals surface area (Å²) in [5, 5.41) is 22.5. The van der Waals surface area contributed by atoms with Crippen molar-refractivity contribution in [3.05, 3.63) is 47.5 Å². The third-order valence-electron chi connectivity index (χ3n) is 15.0. The molecule has 4 heteroatoms. The highest BCUT2D eigenvalue weighted by Crippen LogP contribution is 2.76. The minimum absolute atomic E-state index is 0.0310. The number of aliphatic hydroxyl groups excluding tert-OH is 2. The molecule has 3 unspecified atom stereocenters. The Hall–Kier alpha value is -1.20. The van der Waals surface area contributed by atoms with Gasteiger partial charge in [-0.1, -0.05) is 90.4 Å². The van der Waals surface area contributed by atoms with Crippen LogP contribution in [0.4, 0.5) is 0 Å². The fraction of sp³-hybridized carbons (Fsp3) is 0.784. The van der Waals surface area contributed by atoms with E-state index >= 15 is 0 Å². The molecule has 1 aromatic carbocycles. The number of hydrogen-bond donors (Lipinski definition) is 2. The molecule has 0 aromatic heterocycles. The molecule has 1 heterocycles. The maximum Gasteiger partial charge on any atom is 0.184 e. The van der Waals surface area contributed by atoms with Gasteiger partial charge in [-0.05, 0) is 90.8 Å². The summed E-state index contributed by atoms with van der Waals surface area (Å²) in [6, 6.07) is 10.5. The van der Waals surface area contributed by atoms with Crippen molar-refractivity contribution in [2.75, 3.05) is 6.61 Å². The summed E-state index contributed by atoms with van der Waals surface area (Å²) in [5.74, 6) is 1.55. The molecule has 2 N–H and O–H groups in total. The van der Waals surface area contributed by atoms with Crippen LogP contribution in [0.2, 0.25) is 0 Å². The SMILES string of the molecule is CC1(C)C[C@@H]2C3=CC[C@@H]4[C@@]5(C)CCC6OC(c7ccccc7)OC[C@@]6(C)C5CC[C@@]4(C)[C@]3(C)CC[C@@]2(C)[C@H](O)[C@@H]1O. The number of fused-ring (bicyclic) bond motifs is 9. The lowest BCUT2D eigenvalue weighted by Gasteiger charge is -2.72. The third kappa shape index (κ3) is 3.60. The third-order valence-corrected chi connectivity index (χ3v) is 15.0. The first kappa shape index (κ1) is 28.6. The molecule has 6 aliphatic rings. The Kier molecular flexibility index (Phi) is 6.22. The van der Waals surface area contributed by atoms with Gasteiger partial charge in [-0.15, -0.1) is 0 Å². The molecule has 0 bridgehead atoms. The summed E-state index contributed by atoms with van der Waals surface area (Å²) in [5.41, 5.74) is 2.84. The smallest absolute Gasteiger partial charge is 0.184 e. The first-order valence-corrected chi connectivity index (χ1v) is 16.6. The van der Waals surface area contributed by atoms with Gasteiger partial charge in [-0.25, -0.2) is 0 Å². The summed E-state index contributed by atoms with van der Waals surface area (Å²) < 4.78 is 13.3. The minimum Gasteiger partial charge on any atom is -0.390 e. The van der Waals surface area contributed by atoms with Gasteiger partial charge in [0.2, 0.25) is 0 Å². The highest BCUT2D eigenvalue weighted by Gasteiger charge is 2.70. The summed E-state index contributed by atoms with van der Waals surface area (Å²) >= 11 is 0. The van der Waals surface area contributed by atoms with Crippen molar-refractivity contribution in [3.8, 4) is 0 Å². The number of hydrogen-bond acceptors (Lipinski definition) is 4. The number of benzene rings is 1. The van der Waals surface area contributed by atoms with Crippen molar-refractivity contribution in [1.29, 1.82) is 0 Å². The summed E-state index contributed by atoms with van der Waals surface area (Å²) in [6.45, 7) is 17.7. The average molecular weight is 563 g/mol. The van der Waals surface area contributed by atoms with Crippen molar-refractivity contribution in [2.45, 2.75) is 124 Å². The average Bonchev–Trinajstić information content (AvgIpc) is 2.94. The molecular weight excluding hydrogens is 508 g/mol. The molecule has 0 spiro atoms. The lowest BCUT2D eigenvalue weighted by Crippen LogP contribution is -2.67. The predicted molar refractivity (Wildman–Crippen MR) is 162 cm³/mol. The van der Waals surface area contributed by atoms with E-state index in [2.05, 4.69) is 84.9 Å². The van der Waals surface area contributed by atoms with Crippen LogP contribution >= 0.6 is 0 Å². The molecule has 5 fully saturated rings. The van der Waals surface area contributed by atoms with Crippen molar-refractivity contribution in [1.82, 2.24) is 0 Å². The maximum atomic E-state index is 11.5. The van der Waals surface area contributed by atoms with Crippen molar-refractivity contribution >= 4 is 0 Å². The van der Waals surface area contributed by atoms with Gasteiger partial charge in [0.15, 0.2) is 6.29 Å². The van der Waals surface area contributed by atoms with Crippen molar-refractivity contribution < 1.29 is 19.7 Å². The molecular formula is C37H54O4. The highest BCUT2D eigenvalue weighted by molar-refractivity contribution is 5.34. The van der Waals surface area contributed by atoms with Crippen LogP contribution in [0.15, 0.2) is 42.0 Å². The fourth-order valence-corrected chi connectivity index (χ4v) is 12.1. The number of rotatable bonds is 1. The van der Waals surface area contributed by atoms with Gasteiger partial charge >= 0.3 is 0 Å². The summed E-state index contributed by atoms with van der Waals surface area (Å²) in [4.78, 5) is 0. The summed E-state index contributed by atoms with van der Waals surface area (Å²) in [6.07, 6.45) is 10.3. The Morgan fingerprint density at radius 2 is 1.49 bits per heavy atom. The molecule has 1 saturated heterocycles. The Morgan fingerprint density at radius 1 is 0.756 bits per heavy atom. The zero-order valence-corrected chi connectivity index (χ0v) is 26.6.